The molecule has 0 fully saturated rings. The summed E-state index contributed by atoms with van der Waals surface area (Å²) in [6, 6.07) is 6.51. The summed E-state index contributed by atoms with van der Waals surface area (Å²) in [6.45, 7) is 1.40. The van der Waals surface area contributed by atoms with E-state index in [0.717, 1.165) is 5.56 Å². The third-order valence-corrected chi connectivity index (χ3v) is 3.52. The van der Waals surface area contributed by atoms with E-state index < -0.39 is 22.6 Å². The lowest BCUT2D eigenvalue weighted by Gasteiger charge is -2.07. The van der Waals surface area contributed by atoms with Crippen molar-refractivity contribution in [1.82, 2.24) is 4.72 Å². The normalized spacial score (nSPS) is 11.4. The predicted molar refractivity (Wildman–Crippen MR) is 64.8 cm³/mol. The first kappa shape index (κ1) is 14.6. The highest BCUT2D eigenvalue weighted by molar-refractivity contribution is 7.89. The van der Waals surface area contributed by atoms with Crippen molar-refractivity contribution < 1.29 is 23.1 Å². The topological polar surface area (TPSA) is 92.7 Å². The van der Waals surface area contributed by atoms with Gasteiger partial charge in [0.05, 0.1) is 11.5 Å². The predicted octanol–water partition coefficient (Wildman–Crippen LogP) is 0.375. The van der Waals surface area contributed by atoms with E-state index in [2.05, 4.69) is 4.72 Å². The lowest BCUT2D eigenvalue weighted by atomic mass is 10.2. The Balaban J connectivity index is 2.48. The fourth-order valence-corrected chi connectivity index (χ4v) is 2.39. The molecular weight excluding hydrogens is 258 g/mol. The second kappa shape index (κ2) is 6.48. The van der Waals surface area contributed by atoms with Crippen molar-refractivity contribution in [3.63, 3.8) is 0 Å². The largest absolute Gasteiger partial charge is 0.480 e. The van der Waals surface area contributed by atoms with Gasteiger partial charge in [-0.3, -0.25) is 0 Å². The Morgan fingerprint density at radius 2 is 2.17 bits per heavy atom. The first-order chi connectivity index (χ1) is 8.42. The maximum atomic E-state index is 11.8. The average Bonchev–Trinajstić information content (AvgIpc) is 2.28. The van der Waals surface area contributed by atoms with Crippen molar-refractivity contribution in [3.8, 4) is 0 Å². The molecule has 1 rings (SSSR count). The van der Waals surface area contributed by atoms with Crippen molar-refractivity contribution in [1.29, 1.82) is 0 Å². The van der Waals surface area contributed by atoms with Gasteiger partial charge in [-0.2, -0.15) is 0 Å². The van der Waals surface area contributed by atoms with E-state index in [-0.39, 0.29) is 18.0 Å². The molecule has 0 bridgehead atoms. The summed E-state index contributed by atoms with van der Waals surface area (Å²) in [7, 11) is -3.56. The van der Waals surface area contributed by atoms with Gasteiger partial charge in [0, 0.05) is 6.54 Å². The van der Waals surface area contributed by atoms with Crippen molar-refractivity contribution in [2.45, 2.75) is 11.8 Å². The highest BCUT2D eigenvalue weighted by Gasteiger charge is 2.12. The second-order valence-electron chi connectivity index (χ2n) is 3.66. The molecule has 0 aromatic heterocycles. The van der Waals surface area contributed by atoms with Crippen LogP contribution in [0.25, 0.3) is 0 Å². The maximum absolute atomic E-state index is 11.8. The van der Waals surface area contributed by atoms with Crippen molar-refractivity contribution in [2.24, 2.45) is 0 Å². The molecular formula is C11H15NO5S. The van der Waals surface area contributed by atoms with Crippen LogP contribution in [-0.4, -0.2) is 39.3 Å². The molecule has 0 spiro atoms. The van der Waals surface area contributed by atoms with E-state index in [9.17, 15) is 13.2 Å². The summed E-state index contributed by atoms with van der Waals surface area (Å²) in [5.41, 5.74) is 0.847. The van der Waals surface area contributed by atoms with Crippen molar-refractivity contribution in [2.75, 3.05) is 19.8 Å². The number of hydrogen-bond donors (Lipinski definition) is 2. The summed E-state index contributed by atoms with van der Waals surface area (Å²) in [6.07, 6.45) is 0. The Hall–Kier alpha value is -1.44. The van der Waals surface area contributed by atoms with E-state index in [1.807, 2.05) is 0 Å². The molecule has 6 nitrogen and oxygen atoms in total. The quantitative estimate of drug-likeness (QED) is 0.700. The molecule has 1 aromatic carbocycles. The zero-order valence-corrected chi connectivity index (χ0v) is 10.7. The van der Waals surface area contributed by atoms with Gasteiger partial charge in [0.2, 0.25) is 10.0 Å². The number of nitrogens with one attached hydrogen (secondary N) is 1. The minimum atomic E-state index is -3.56. The Bertz CT molecular complexity index is 512. The molecule has 100 valence electrons. The van der Waals surface area contributed by atoms with Crippen LogP contribution in [0.4, 0.5) is 0 Å². The zero-order valence-electron chi connectivity index (χ0n) is 9.92. The Kier molecular flexibility index (Phi) is 5.26. The fraction of sp³-hybridized carbons (Fsp3) is 0.364. The van der Waals surface area contributed by atoms with Crippen LogP contribution >= 0.6 is 0 Å². The SMILES string of the molecule is Cc1cccc(S(=O)(=O)NCCOCC(=O)O)c1. The number of hydrogen-bond acceptors (Lipinski definition) is 4. The fourth-order valence-electron chi connectivity index (χ4n) is 1.27. The highest BCUT2D eigenvalue weighted by atomic mass is 32.2. The van der Waals surface area contributed by atoms with Gasteiger partial charge in [-0.15, -0.1) is 0 Å². The van der Waals surface area contributed by atoms with Crippen LogP contribution in [0.5, 0.6) is 0 Å². The monoisotopic (exact) mass is 273 g/mol. The standard InChI is InChI=1S/C11H15NO5S/c1-9-3-2-4-10(7-9)18(15,16)12-5-6-17-8-11(13)14/h2-4,7,12H,5-6,8H2,1H3,(H,13,14). The number of aliphatic carboxylic acids is 1. The smallest absolute Gasteiger partial charge is 0.329 e. The molecule has 18 heavy (non-hydrogen) atoms. The van der Waals surface area contributed by atoms with Crippen molar-refractivity contribution >= 4 is 16.0 Å². The van der Waals surface area contributed by atoms with E-state index in [1.54, 1.807) is 25.1 Å². The van der Waals surface area contributed by atoms with E-state index in [1.165, 1.54) is 6.07 Å². The number of aryl methyl sites for hydroxylation is 1. The maximum Gasteiger partial charge on any atom is 0.329 e. The summed E-state index contributed by atoms with van der Waals surface area (Å²) >= 11 is 0. The Labute approximate surface area is 106 Å². The molecule has 0 aliphatic rings. The minimum absolute atomic E-state index is 0.0113. The van der Waals surface area contributed by atoms with E-state index >= 15 is 0 Å². The number of carboxylic acid groups (broad SMARTS) is 1. The first-order valence-electron chi connectivity index (χ1n) is 5.28. The van der Waals surface area contributed by atoms with Crippen LogP contribution in [0.2, 0.25) is 0 Å². The number of benzene rings is 1. The third-order valence-electron chi connectivity index (χ3n) is 2.06. The molecule has 7 heteroatoms. The van der Waals surface area contributed by atoms with Crippen LogP contribution in [0.1, 0.15) is 5.56 Å². The number of ether oxygens (including phenoxy) is 1. The number of carboxylic acids is 1. The molecule has 0 unspecified atom stereocenters. The minimum Gasteiger partial charge on any atom is -0.480 e. The van der Waals surface area contributed by atoms with Gasteiger partial charge < -0.3 is 9.84 Å². The second-order valence-corrected chi connectivity index (χ2v) is 5.43. The van der Waals surface area contributed by atoms with Gasteiger partial charge >= 0.3 is 5.97 Å². The van der Waals surface area contributed by atoms with E-state index in [4.69, 9.17) is 9.84 Å². The van der Waals surface area contributed by atoms with Crippen LogP contribution in [0.15, 0.2) is 29.2 Å². The van der Waals surface area contributed by atoms with Crippen LogP contribution in [-0.2, 0) is 19.6 Å². The molecule has 0 amide bonds. The van der Waals surface area contributed by atoms with Crippen LogP contribution in [0.3, 0.4) is 0 Å². The molecule has 0 radical (unpaired) electrons. The zero-order chi connectivity index (χ0) is 13.6. The molecule has 0 atom stereocenters. The third kappa shape index (κ3) is 4.82. The van der Waals surface area contributed by atoms with Gasteiger partial charge in [0.1, 0.15) is 6.61 Å². The van der Waals surface area contributed by atoms with Crippen LogP contribution < -0.4 is 4.72 Å². The van der Waals surface area contributed by atoms with Crippen LogP contribution in [0, 0.1) is 6.92 Å². The molecule has 0 aliphatic carbocycles. The van der Waals surface area contributed by atoms with Gasteiger partial charge in [-0.05, 0) is 24.6 Å². The molecule has 0 saturated carbocycles. The lowest BCUT2D eigenvalue weighted by molar-refractivity contribution is -0.142. The Morgan fingerprint density at radius 1 is 1.44 bits per heavy atom. The van der Waals surface area contributed by atoms with Gasteiger partial charge in [0.25, 0.3) is 0 Å². The van der Waals surface area contributed by atoms with Gasteiger partial charge in [-0.1, -0.05) is 12.1 Å². The Morgan fingerprint density at radius 3 is 2.78 bits per heavy atom. The summed E-state index contributed by atoms with van der Waals surface area (Å²) in [5, 5.41) is 8.32. The molecule has 0 heterocycles. The van der Waals surface area contributed by atoms with Crippen molar-refractivity contribution in [3.05, 3.63) is 29.8 Å². The van der Waals surface area contributed by atoms with Gasteiger partial charge in [0.15, 0.2) is 0 Å². The summed E-state index contributed by atoms with van der Waals surface area (Å²) in [5.74, 6) is -1.09. The van der Waals surface area contributed by atoms with Gasteiger partial charge in [-0.25, -0.2) is 17.9 Å². The van der Waals surface area contributed by atoms with E-state index in [0.29, 0.717) is 0 Å². The first-order valence-corrected chi connectivity index (χ1v) is 6.76. The number of carbonyl (C=O) groups is 1. The average molecular weight is 273 g/mol. The number of rotatable bonds is 7. The molecule has 2 N–H and O–H groups in total. The number of sulfonamides is 1. The lowest BCUT2D eigenvalue weighted by Crippen LogP contribution is -2.28. The highest BCUT2D eigenvalue weighted by Crippen LogP contribution is 2.10. The summed E-state index contributed by atoms with van der Waals surface area (Å²) in [4.78, 5) is 10.3. The molecule has 0 saturated heterocycles. The molecule has 1 aromatic rings. The molecule has 0 aliphatic heterocycles. The summed E-state index contributed by atoms with van der Waals surface area (Å²) < 4.78 is 30.7.